The molecule has 0 rings (SSSR count). The Morgan fingerprint density at radius 1 is 1.58 bits per heavy atom. The highest BCUT2D eigenvalue weighted by Gasteiger charge is 2.25. The molecule has 0 aromatic carbocycles. The van der Waals surface area contributed by atoms with Crippen molar-refractivity contribution in [1.29, 1.82) is 0 Å². The summed E-state index contributed by atoms with van der Waals surface area (Å²) in [6, 6.07) is 0. The molecule has 0 unspecified atom stereocenters. The zero-order valence-corrected chi connectivity index (χ0v) is 9.18. The smallest absolute Gasteiger partial charge is 0.392 e. The van der Waals surface area contributed by atoms with Gasteiger partial charge in [-0.25, -0.2) is 0 Å². The van der Waals surface area contributed by atoms with Crippen LogP contribution in [0.15, 0.2) is 11.8 Å². The molecule has 0 aromatic rings. The van der Waals surface area contributed by atoms with E-state index in [2.05, 4.69) is 5.92 Å². The molecule has 0 amide bonds. The van der Waals surface area contributed by atoms with E-state index in [1.807, 2.05) is 33.0 Å². The lowest BCUT2D eigenvalue weighted by atomic mass is 10.5. The highest BCUT2D eigenvalue weighted by atomic mass is 28.4. The summed E-state index contributed by atoms with van der Waals surface area (Å²) < 4.78 is 11.0. The van der Waals surface area contributed by atoms with Crippen LogP contribution in [0.25, 0.3) is 0 Å². The van der Waals surface area contributed by atoms with Crippen molar-refractivity contribution in [2.75, 3.05) is 6.61 Å². The van der Waals surface area contributed by atoms with Crippen LogP contribution in [0.5, 0.6) is 0 Å². The monoisotopic (exact) mass is 184 g/mol. The summed E-state index contributed by atoms with van der Waals surface area (Å²) in [5.41, 5.74) is 0. The fourth-order valence-electron chi connectivity index (χ4n) is 0.692. The first-order chi connectivity index (χ1) is 5.52. The highest BCUT2D eigenvalue weighted by Crippen LogP contribution is 2.11. The fourth-order valence-corrected chi connectivity index (χ4v) is 2.07. The van der Waals surface area contributed by atoms with E-state index in [1.54, 1.807) is 0 Å². The van der Waals surface area contributed by atoms with E-state index in [4.69, 9.17) is 15.3 Å². The summed E-state index contributed by atoms with van der Waals surface area (Å²) in [6.45, 7) is 8.11. The first-order valence-electron chi connectivity index (χ1n) is 3.91. The standard InChI is InChI=1S/C9H16O2Si/c1-6-8-10-12(4,5)11-9(3)7-2/h1,7H,8H2,2-5H3/b9-7-. The van der Waals surface area contributed by atoms with Crippen LogP contribution in [0.1, 0.15) is 13.8 Å². The lowest BCUT2D eigenvalue weighted by molar-refractivity contribution is 0.244. The van der Waals surface area contributed by atoms with Gasteiger partial charge < -0.3 is 8.85 Å². The minimum atomic E-state index is -2.02. The van der Waals surface area contributed by atoms with Gasteiger partial charge in [0.15, 0.2) is 0 Å². The van der Waals surface area contributed by atoms with Crippen molar-refractivity contribution in [3.05, 3.63) is 11.8 Å². The van der Waals surface area contributed by atoms with E-state index in [-0.39, 0.29) is 0 Å². The lowest BCUT2D eigenvalue weighted by Crippen LogP contribution is -2.34. The molecule has 0 aliphatic carbocycles. The van der Waals surface area contributed by atoms with Gasteiger partial charge in [-0.05, 0) is 26.9 Å². The summed E-state index contributed by atoms with van der Waals surface area (Å²) in [5, 5.41) is 0. The number of hydrogen-bond donors (Lipinski definition) is 0. The largest absolute Gasteiger partial charge is 0.525 e. The van der Waals surface area contributed by atoms with Gasteiger partial charge in [-0.15, -0.1) is 6.42 Å². The molecule has 0 N–H and O–H groups in total. The van der Waals surface area contributed by atoms with E-state index in [1.165, 1.54) is 0 Å². The normalized spacial score (nSPS) is 12.4. The van der Waals surface area contributed by atoms with Gasteiger partial charge in [0.25, 0.3) is 0 Å². The number of hydrogen-bond acceptors (Lipinski definition) is 2. The maximum Gasteiger partial charge on any atom is 0.392 e. The van der Waals surface area contributed by atoms with Crippen LogP contribution >= 0.6 is 0 Å². The molecule has 0 atom stereocenters. The maximum absolute atomic E-state index is 5.57. The zero-order valence-electron chi connectivity index (χ0n) is 8.18. The van der Waals surface area contributed by atoms with Gasteiger partial charge in [0.1, 0.15) is 0 Å². The molecule has 0 fully saturated rings. The Labute approximate surface area is 75.8 Å². The molecule has 3 heteroatoms. The van der Waals surface area contributed by atoms with Crippen molar-refractivity contribution in [2.45, 2.75) is 26.9 Å². The molecule has 0 bridgehead atoms. The highest BCUT2D eigenvalue weighted by molar-refractivity contribution is 6.64. The Morgan fingerprint density at radius 3 is 2.58 bits per heavy atom. The van der Waals surface area contributed by atoms with Gasteiger partial charge in [-0.1, -0.05) is 12.0 Å². The second-order valence-corrected chi connectivity index (χ2v) is 6.19. The van der Waals surface area contributed by atoms with Crippen LogP contribution in [-0.4, -0.2) is 15.2 Å². The third-order valence-electron chi connectivity index (χ3n) is 1.32. The molecule has 0 saturated heterocycles. The molecule has 0 saturated carbocycles. The van der Waals surface area contributed by atoms with Gasteiger partial charge in [0.05, 0.1) is 12.4 Å². The second kappa shape index (κ2) is 5.02. The summed E-state index contributed by atoms with van der Waals surface area (Å²) in [4.78, 5) is 0. The molecule has 0 aromatic heterocycles. The van der Waals surface area contributed by atoms with Crippen molar-refractivity contribution in [1.82, 2.24) is 0 Å². The number of rotatable bonds is 4. The number of allylic oxidation sites excluding steroid dienone is 2. The summed E-state index contributed by atoms with van der Waals surface area (Å²) >= 11 is 0. The average molecular weight is 184 g/mol. The van der Waals surface area contributed by atoms with Gasteiger partial charge in [0, 0.05) is 0 Å². The Balaban J connectivity index is 3.96. The Bertz CT molecular complexity index is 201. The minimum absolute atomic E-state index is 0.330. The Kier molecular flexibility index (Phi) is 4.71. The molecule has 12 heavy (non-hydrogen) atoms. The molecular formula is C9H16O2Si. The van der Waals surface area contributed by atoms with Gasteiger partial charge >= 0.3 is 8.56 Å². The van der Waals surface area contributed by atoms with Gasteiger partial charge in [0.2, 0.25) is 0 Å². The maximum atomic E-state index is 5.57. The molecule has 68 valence electrons. The Hall–Kier alpha value is -0.723. The van der Waals surface area contributed by atoms with Crippen molar-refractivity contribution in [3.8, 4) is 12.3 Å². The molecule has 0 aliphatic rings. The van der Waals surface area contributed by atoms with Crippen LogP contribution in [0.4, 0.5) is 0 Å². The van der Waals surface area contributed by atoms with E-state index in [0.29, 0.717) is 6.61 Å². The summed E-state index contributed by atoms with van der Waals surface area (Å²) in [5.74, 6) is 3.32. The molecule has 0 spiro atoms. The van der Waals surface area contributed by atoms with E-state index in [0.717, 1.165) is 5.76 Å². The lowest BCUT2D eigenvalue weighted by Gasteiger charge is -2.22. The first-order valence-corrected chi connectivity index (χ1v) is 6.73. The summed E-state index contributed by atoms with van der Waals surface area (Å²) in [6.07, 6.45) is 6.99. The second-order valence-electron chi connectivity index (χ2n) is 2.89. The van der Waals surface area contributed by atoms with Crippen molar-refractivity contribution < 1.29 is 8.85 Å². The molecule has 0 heterocycles. The van der Waals surface area contributed by atoms with E-state index < -0.39 is 8.56 Å². The van der Waals surface area contributed by atoms with Crippen molar-refractivity contribution in [2.24, 2.45) is 0 Å². The molecular weight excluding hydrogens is 168 g/mol. The predicted octanol–water partition coefficient (Wildman–Crippen LogP) is 2.28. The third-order valence-corrected chi connectivity index (χ3v) is 2.97. The van der Waals surface area contributed by atoms with Crippen LogP contribution in [0.2, 0.25) is 13.1 Å². The van der Waals surface area contributed by atoms with Gasteiger partial charge in [-0.2, -0.15) is 0 Å². The first kappa shape index (κ1) is 11.3. The van der Waals surface area contributed by atoms with E-state index in [9.17, 15) is 0 Å². The average Bonchev–Trinajstić information content (AvgIpc) is 2.00. The van der Waals surface area contributed by atoms with Crippen LogP contribution in [0, 0.1) is 12.3 Å². The van der Waals surface area contributed by atoms with Crippen molar-refractivity contribution in [3.63, 3.8) is 0 Å². The molecule has 0 aliphatic heterocycles. The van der Waals surface area contributed by atoms with Crippen LogP contribution < -0.4 is 0 Å². The third kappa shape index (κ3) is 5.00. The topological polar surface area (TPSA) is 18.5 Å². The fraction of sp³-hybridized carbons (Fsp3) is 0.556. The van der Waals surface area contributed by atoms with Crippen molar-refractivity contribution >= 4 is 8.56 Å². The zero-order chi connectivity index (χ0) is 9.61. The quantitative estimate of drug-likeness (QED) is 0.379. The van der Waals surface area contributed by atoms with Gasteiger partial charge in [-0.3, -0.25) is 0 Å². The van der Waals surface area contributed by atoms with E-state index >= 15 is 0 Å². The van der Waals surface area contributed by atoms with Crippen LogP contribution in [0.3, 0.4) is 0 Å². The Morgan fingerprint density at radius 2 is 2.17 bits per heavy atom. The molecule has 2 nitrogen and oxygen atoms in total. The van der Waals surface area contributed by atoms with Crippen LogP contribution in [-0.2, 0) is 8.85 Å². The summed E-state index contributed by atoms with van der Waals surface area (Å²) in [7, 11) is -2.02. The molecule has 0 radical (unpaired) electrons. The predicted molar refractivity (Wildman–Crippen MR) is 52.8 cm³/mol. The minimum Gasteiger partial charge on any atom is -0.525 e. The number of terminal acetylenes is 1. The SMILES string of the molecule is C#CCO[Si](C)(C)O/C(C)=C\C.